The Morgan fingerprint density at radius 3 is 2.57 bits per heavy atom. The van der Waals surface area contributed by atoms with Crippen LogP contribution < -0.4 is 5.73 Å². The van der Waals surface area contributed by atoms with Crippen molar-refractivity contribution in [2.45, 2.75) is 13.5 Å². The summed E-state index contributed by atoms with van der Waals surface area (Å²) < 4.78 is 39.7. The van der Waals surface area contributed by atoms with Gasteiger partial charge in [0.2, 0.25) is 0 Å². The van der Waals surface area contributed by atoms with Gasteiger partial charge in [-0.15, -0.1) is 0 Å². The average Bonchev–Trinajstić information content (AvgIpc) is 2.45. The van der Waals surface area contributed by atoms with E-state index in [4.69, 9.17) is 10.6 Å². The first-order valence-electron chi connectivity index (χ1n) is 6.13. The maximum Gasteiger partial charge on any atom is 0.170 e. The van der Waals surface area contributed by atoms with Crippen LogP contribution in [0.1, 0.15) is 16.7 Å². The van der Waals surface area contributed by atoms with Gasteiger partial charge in [0.25, 0.3) is 0 Å². The van der Waals surface area contributed by atoms with Crippen molar-refractivity contribution in [1.82, 2.24) is 0 Å². The molecule has 0 aliphatic rings. The van der Waals surface area contributed by atoms with E-state index in [0.717, 1.165) is 18.2 Å². The molecule has 3 nitrogen and oxygen atoms in total. The second-order valence-electron chi connectivity index (χ2n) is 4.45. The van der Waals surface area contributed by atoms with Crippen LogP contribution >= 0.6 is 0 Å². The molecule has 6 heteroatoms. The second-order valence-corrected chi connectivity index (χ2v) is 4.45. The first-order chi connectivity index (χ1) is 9.97. The smallest absolute Gasteiger partial charge is 0.170 e. The zero-order valence-corrected chi connectivity index (χ0v) is 11.2. The van der Waals surface area contributed by atoms with Crippen LogP contribution in [0, 0.1) is 24.4 Å². The van der Waals surface area contributed by atoms with Crippen LogP contribution in [0.15, 0.2) is 41.6 Å². The lowest BCUT2D eigenvalue weighted by Gasteiger charge is -2.05. The first-order valence-corrected chi connectivity index (χ1v) is 6.13. The standard InChI is InChI=1S/C15H13F3N2O/c1-9-2-3-10(7-14(9)18)15(19)20-21-8-11-6-12(16)4-5-13(11)17/h2-7H,8H2,1H3,(H2,19,20). The Morgan fingerprint density at radius 1 is 1.10 bits per heavy atom. The molecule has 2 aromatic rings. The number of halogens is 3. The zero-order valence-electron chi connectivity index (χ0n) is 11.2. The summed E-state index contributed by atoms with van der Waals surface area (Å²) in [6, 6.07) is 7.37. The molecule has 2 N–H and O–H groups in total. The molecule has 0 heterocycles. The van der Waals surface area contributed by atoms with E-state index < -0.39 is 17.5 Å². The van der Waals surface area contributed by atoms with Crippen LogP contribution in [0.4, 0.5) is 13.2 Å². The van der Waals surface area contributed by atoms with Gasteiger partial charge in [-0.3, -0.25) is 0 Å². The molecule has 0 saturated heterocycles. The number of hydrogen-bond acceptors (Lipinski definition) is 2. The fourth-order valence-corrected chi connectivity index (χ4v) is 1.63. The summed E-state index contributed by atoms with van der Waals surface area (Å²) in [7, 11) is 0. The van der Waals surface area contributed by atoms with Gasteiger partial charge in [-0.25, -0.2) is 13.2 Å². The van der Waals surface area contributed by atoms with Crippen molar-refractivity contribution in [3.8, 4) is 0 Å². The zero-order chi connectivity index (χ0) is 15.4. The maximum atomic E-state index is 13.4. The summed E-state index contributed by atoms with van der Waals surface area (Å²) in [5.41, 5.74) is 6.48. The van der Waals surface area contributed by atoms with Gasteiger partial charge >= 0.3 is 0 Å². The number of aryl methyl sites for hydroxylation is 1. The number of nitrogens with two attached hydrogens (primary N) is 1. The summed E-state index contributed by atoms with van der Waals surface area (Å²) in [4.78, 5) is 4.88. The van der Waals surface area contributed by atoms with E-state index in [2.05, 4.69) is 5.16 Å². The minimum atomic E-state index is -0.605. The van der Waals surface area contributed by atoms with Gasteiger partial charge in [-0.1, -0.05) is 17.3 Å². The number of hydrogen-bond donors (Lipinski definition) is 1. The van der Waals surface area contributed by atoms with Crippen LogP contribution in [0.2, 0.25) is 0 Å². The fourth-order valence-electron chi connectivity index (χ4n) is 1.63. The molecular formula is C15H13F3N2O. The SMILES string of the molecule is Cc1ccc(C(N)=NOCc2cc(F)ccc2F)cc1F. The normalized spacial score (nSPS) is 11.5. The Kier molecular flexibility index (Phi) is 4.47. The number of oxime groups is 1. The molecule has 0 radical (unpaired) electrons. The van der Waals surface area contributed by atoms with E-state index in [0.29, 0.717) is 11.1 Å². The first kappa shape index (κ1) is 14.9. The summed E-state index contributed by atoms with van der Waals surface area (Å²) in [5, 5.41) is 3.57. The van der Waals surface area contributed by atoms with Crippen LogP contribution in [0.25, 0.3) is 0 Å². The van der Waals surface area contributed by atoms with E-state index in [1.54, 1.807) is 19.1 Å². The molecule has 0 amide bonds. The Bertz CT molecular complexity index is 687. The Balaban J connectivity index is 2.06. The maximum absolute atomic E-state index is 13.4. The number of amidine groups is 1. The summed E-state index contributed by atoms with van der Waals surface area (Å²) in [6.07, 6.45) is 0. The van der Waals surface area contributed by atoms with E-state index in [1.165, 1.54) is 6.07 Å². The van der Waals surface area contributed by atoms with Gasteiger partial charge in [0, 0.05) is 11.1 Å². The summed E-state index contributed by atoms with van der Waals surface area (Å²) >= 11 is 0. The van der Waals surface area contributed by atoms with Crippen LogP contribution in [-0.4, -0.2) is 5.84 Å². The summed E-state index contributed by atoms with van der Waals surface area (Å²) in [5.74, 6) is -1.65. The molecule has 0 spiro atoms. The van der Waals surface area contributed by atoms with Gasteiger partial charge in [-0.05, 0) is 36.8 Å². The van der Waals surface area contributed by atoms with Crippen molar-refractivity contribution in [2.75, 3.05) is 0 Å². The highest BCUT2D eigenvalue weighted by molar-refractivity contribution is 5.97. The van der Waals surface area contributed by atoms with E-state index >= 15 is 0 Å². The van der Waals surface area contributed by atoms with Crippen molar-refractivity contribution in [3.63, 3.8) is 0 Å². The predicted octanol–water partition coefficient (Wildman–Crippen LogP) is 3.25. The largest absolute Gasteiger partial charge is 0.389 e. The lowest BCUT2D eigenvalue weighted by atomic mass is 10.1. The van der Waals surface area contributed by atoms with Gasteiger partial charge in [0.15, 0.2) is 5.84 Å². The van der Waals surface area contributed by atoms with Crippen molar-refractivity contribution in [1.29, 1.82) is 0 Å². The highest BCUT2D eigenvalue weighted by Crippen LogP contribution is 2.12. The lowest BCUT2D eigenvalue weighted by molar-refractivity contribution is 0.127. The monoisotopic (exact) mass is 294 g/mol. The summed E-state index contributed by atoms with van der Waals surface area (Å²) in [6.45, 7) is 1.34. The molecule has 110 valence electrons. The molecular weight excluding hydrogens is 281 g/mol. The van der Waals surface area contributed by atoms with Crippen molar-refractivity contribution < 1.29 is 18.0 Å². The molecule has 0 saturated carbocycles. The van der Waals surface area contributed by atoms with Crippen LogP contribution in [0.3, 0.4) is 0 Å². The van der Waals surface area contributed by atoms with Gasteiger partial charge in [0.1, 0.15) is 24.1 Å². The van der Waals surface area contributed by atoms with E-state index in [-0.39, 0.29) is 18.0 Å². The highest BCUT2D eigenvalue weighted by atomic mass is 19.1. The third kappa shape index (κ3) is 3.75. The molecule has 2 rings (SSSR count). The number of nitrogens with zero attached hydrogens (tertiary/aromatic N) is 1. The predicted molar refractivity (Wildman–Crippen MR) is 73.0 cm³/mol. The molecule has 0 aromatic heterocycles. The van der Waals surface area contributed by atoms with Crippen molar-refractivity contribution in [3.05, 3.63) is 70.5 Å². The van der Waals surface area contributed by atoms with Gasteiger partial charge in [-0.2, -0.15) is 0 Å². The van der Waals surface area contributed by atoms with Crippen LogP contribution in [-0.2, 0) is 11.4 Å². The van der Waals surface area contributed by atoms with Gasteiger partial charge in [0.05, 0.1) is 0 Å². The minimum absolute atomic E-state index is 0.0154. The Hall–Kier alpha value is -2.50. The second kappa shape index (κ2) is 6.30. The van der Waals surface area contributed by atoms with Crippen LogP contribution in [0.5, 0.6) is 0 Å². The molecule has 21 heavy (non-hydrogen) atoms. The Morgan fingerprint density at radius 2 is 1.86 bits per heavy atom. The molecule has 0 unspecified atom stereocenters. The molecule has 0 aliphatic carbocycles. The third-order valence-corrected chi connectivity index (χ3v) is 2.86. The average molecular weight is 294 g/mol. The number of benzene rings is 2. The molecule has 0 atom stereocenters. The van der Waals surface area contributed by atoms with E-state index in [9.17, 15) is 13.2 Å². The molecule has 0 bridgehead atoms. The lowest BCUT2D eigenvalue weighted by Crippen LogP contribution is -2.14. The van der Waals surface area contributed by atoms with E-state index in [1.807, 2.05) is 0 Å². The Labute approximate surface area is 119 Å². The quantitative estimate of drug-likeness (QED) is 0.534. The van der Waals surface area contributed by atoms with Crippen molar-refractivity contribution in [2.24, 2.45) is 10.9 Å². The van der Waals surface area contributed by atoms with Crippen molar-refractivity contribution >= 4 is 5.84 Å². The third-order valence-electron chi connectivity index (χ3n) is 2.86. The number of rotatable bonds is 4. The molecule has 0 aliphatic heterocycles. The highest BCUT2D eigenvalue weighted by Gasteiger charge is 2.06. The molecule has 2 aromatic carbocycles. The minimum Gasteiger partial charge on any atom is -0.389 e. The molecule has 0 fully saturated rings. The topological polar surface area (TPSA) is 47.6 Å². The fraction of sp³-hybridized carbons (Fsp3) is 0.133. The van der Waals surface area contributed by atoms with Gasteiger partial charge < -0.3 is 10.6 Å².